The first kappa shape index (κ1) is 17.8. The Hall–Kier alpha value is -1.58. The quantitative estimate of drug-likeness (QED) is 0.671. The smallest absolute Gasteiger partial charge is 0.253 e. The minimum Gasteiger partial charge on any atom is -0.329 e. The van der Waals surface area contributed by atoms with Gasteiger partial charge in [0.25, 0.3) is 5.82 Å². The van der Waals surface area contributed by atoms with Crippen LogP contribution in [0.2, 0.25) is 0 Å². The van der Waals surface area contributed by atoms with Gasteiger partial charge in [-0.25, -0.2) is 14.1 Å². The topological polar surface area (TPSA) is 26.6 Å². The molecule has 2 atom stereocenters. The summed E-state index contributed by atoms with van der Waals surface area (Å²) in [6, 6.07) is 0.575. The van der Waals surface area contributed by atoms with E-state index in [9.17, 15) is 0 Å². The molecule has 4 nitrogen and oxygen atoms in total. The van der Waals surface area contributed by atoms with E-state index in [4.69, 9.17) is 0 Å². The van der Waals surface area contributed by atoms with Gasteiger partial charge >= 0.3 is 0 Å². The second kappa shape index (κ2) is 7.33. The Morgan fingerprint density at radius 2 is 2.00 bits per heavy atom. The molecular weight excluding hydrogens is 284 g/mol. The highest BCUT2D eigenvalue weighted by molar-refractivity contribution is 4.97. The van der Waals surface area contributed by atoms with Crippen LogP contribution in [-0.4, -0.2) is 14.1 Å². The second-order valence-corrected chi connectivity index (χ2v) is 7.00. The van der Waals surface area contributed by atoms with Crippen molar-refractivity contribution in [2.24, 2.45) is 0 Å². The van der Waals surface area contributed by atoms with E-state index < -0.39 is 0 Å². The summed E-state index contributed by atoms with van der Waals surface area (Å²) in [7, 11) is 0. The van der Waals surface area contributed by atoms with Crippen LogP contribution in [-0.2, 0) is 12.1 Å². The normalized spacial score (nSPS) is 15.6. The van der Waals surface area contributed by atoms with Gasteiger partial charge in [0.05, 0.1) is 12.6 Å². The Morgan fingerprint density at radius 1 is 1.26 bits per heavy atom. The number of rotatable bonds is 8. The van der Waals surface area contributed by atoms with Crippen molar-refractivity contribution < 1.29 is 4.57 Å². The molecule has 0 aromatic carbocycles. The summed E-state index contributed by atoms with van der Waals surface area (Å²) in [4.78, 5) is 4.40. The molecule has 2 heterocycles. The standard InChI is InChI=1S/C19H33N4/c1-7-16(3)22-15-14-21(18(22)5)12-9-10-19(6,8-2)23-13-11-20-17(23)4/h11,13-16H,7-10,12H2,1-6H3/q+1. The fraction of sp³-hybridized carbons (Fsp3) is 0.684. The van der Waals surface area contributed by atoms with Gasteiger partial charge in [0.15, 0.2) is 0 Å². The second-order valence-electron chi connectivity index (χ2n) is 7.00. The molecule has 0 aliphatic heterocycles. The van der Waals surface area contributed by atoms with Crippen molar-refractivity contribution >= 4 is 0 Å². The van der Waals surface area contributed by atoms with Crippen molar-refractivity contribution in [1.82, 2.24) is 14.1 Å². The van der Waals surface area contributed by atoms with Gasteiger partial charge in [0, 0.05) is 24.9 Å². The fourth-order valence-electron chi connectivity index (χ4n) is 3.46. The van der Waals surface area contributed by atoms with Crippen LogP contribution in [0, 0.1) is 13.8 Å². The molecule has 0 aliphatic carbocycles. The maximum Gasteiger partial charge on any atom is 0.253 e. The van der Waals surface area contributed by atoms with Gasteiger partial charge < -0.3 is 4.57 Å². The van der Waals surface area contributed by atoms with Crippen molar-refractivity contribution in [3.05, 3.63) is 36.4 Å². The number of imidazole rings is 2. The summed E-state index contributed by atoms with van der Waals surface area (Å²) in [5.74, 6) is 2.47. The maximum absolute atomic E-state index is 4.40. The molecule has 0 amide bonds. The molecule has 2 unspecified atom stereocenters. The van der Waals surface area contributed by atoms with E-state index in [0.29, 0.717) is 6.04 Å². The first-order valence-electron chi connectivity index (χ1n) is 9.00. The number of nitrogens with zero attached hydrogens (tertiary/aromatic N) is 4. The summed E-state index contributed by atoms with van der Waals surface area (Å²) in [5.41, 5.74) is 0.161. The molecule has 128 valence electrons. The molecule has 0 spiro atoms. The van der Waals surface area contributed by atoms with E-state index in [1.54, 1.807) is 0 Å². The van der Waals surface area contributed by atoms with Crippen molar-refractivity contribution in [3.8, 4) is 0 Å². The highest BCUT2D eigenvalue weighted by Crippen LogP contribution is 2.27. The molecule has 23 heavy (non-hydrogen) atoms. The van der Waals surface area contributed by atoms with E-state index in [1.807, 2.05) is 6.20 Å². The Bertz CT molecular complexity index is 625. The summed E-state index contributed by atoms with van der Waals surface area (Å²) < 4.78 is 7.12. The number of aromatic nitrogens is 4. The van der Waals surface area contributed by atoms with Crippen molar-refractivity contribution in [1.29, 1.82) is 0 Å². The van der Waals surface area contributed by atoms with Gasteiger partial charge in [-0.15, -0.1) is 0 Å². The predicted molar refractivity (Wildman–Crippen MR) is 94.5 cm³/mol. The summed E-state index contributed by atoms with van der Waals surface area (Å²) in [5, 5.41) is 0. The van der Waals surface area contributed by atoms with Crippen LogP contribution in [0.25, 0.3) is 0 Å². The molecule has 0 radical (unpaired) electrons. The molecule has 0 N–H and O–H groups in total. The highest BCUT2D eigenvalue weighted by Gasteiger charge is 2.25. The average Bonchev–Trinajstić information content (AvgIpc) is 3.13. The highest BCUT2D eigenvalue weighted by atomic mass is 15.2. The van der Waals surface area contributed by atoms with Crippen LogP contribution in [0.15, 0.2) is 24.8 Å². The van der Waals surface area contributed by atoms with Crippen LogP contribution in [0.1, 0.15) is 71.1 Å². The molecule has 4 heteroatoms. The van der Waals surface area contributed by atoms with Crippen molar-refractivity contribution in [2.75, 3.05) is 0 Å². The number of hydrogen-bond donors (Lipinski definition) is 0. The van der Waals surface area contributed by atoms with E-state index in [1.165, 1.54) is 25.1 Å². The summed E-state index contributed by atoms with van der Waals surface area (Å²) in [6.07, 6.45) is 13.1. The van der Waals surface area contributed by atoms with Gasteiger partial charge in [-0.05, 0) is 46.5 Å². The van der Waals surface area contributed by atoms with E-state index >= 15 is 0 Å². The molecule has 2 aromatic rings. The Labute approximate surface area is 141 Å². The fourth-order valence-corrected chi connectivity index (χ4v) is 3.46. The van der Waals surface area contributed by atoms with Crippen molar-refractivity contribution in [3.63, 3.8) is 0 Å². The van der Waals surface area contributed by atoms with Gasteiger partial charge in [0.2, 0.25) is 0 Å². The van der Waals surface area contributed by atoms with Gasteiger partial charge in [-0.3, -0.25) is 0 Å². The lowest BCUT2D eigenvalue weighted by atomic mass is 9.92. The summed E-state index contributed by atoms with van der Waals surface area (Å²) in [6.45, 7) is 14.6. The zero-order chi connectivity index (χ0) is 17.0. The molecule has 0 bridgehead atoms. The molecule has 0 saturated carbocycles. The van der Waals surface area contributed by atoms with E-state index in [0.717, 1.165) is 18.8 Å². The van der Waals surface area contributed by atoms with Gasteiger partial charge in [-0.2, -0.15) is 0 Å². The van der Waals surface area contributed by atoms with Crippen LogP contribution in [0.5, 0.6) is 0 Å². The molecule has 0 fully saturated rings. The minimum absolute atomic E-state index is 0.161. The van der Waals surface area contributed by atoms with E-state index in [2.05, 4.69) is 78.8 Å². The monoisotopic (exact) mass is 317 g/mol. The SMILES string of the molecule is CCC(C)n1cc[n+](CCCC(C)(CC)n2ccnc2C)c1C. The zero-order valence-electron chi connectivity index (χ0n) is 15.7. The van der Waals surface area contributed by atoms with Crippen LogP contribution in [0.3, 0.4) is 0 Å². The first-order chi connectivity index (χ1) is 10.9. The maximum atomic E-state index is 4.40. The molecule has 0 aliphatic rings. The molecule has 2 aromatic heterocycles. The van der Waals surface area contributed by atoms with Crippen LogP contribution < -0.4 is 4.57 Å². The van der Waals surface area contributed by atoms with Crippen LogP contribution >= 0.6 is 0 Å². The van der Waals surface area contributed by atoms with Gasteiger partial charge in [0.1, 0.15) is 18.2 Å². The lowest BCUT2D eigenvalue weighted by molar-refractivity contribution is -0.703. The third kappa shape index (κ3) is 3.67. The molecular formula is C19H33N4+. The average molecular weight is 318 g/mol. The molecule has 0 saturated heterocycles. The number of hydrogen-bond acceptors (Lipinski definition) is 1. The third-order valence-electron chi connectivity index (χ3n) is 5.55. The van der Waals surface area contributed by atoms with Gasteiger partial charge in [-0.1, -0.05) is 13.8 Å². The third-order valence-corrected chi connectivity index (χ3v) is 5.55. The lowest BCUT2D eigenvalue weighted by Crippen LogP contribution is -2.38. The number of aryl methyl sites for hydroxylation is 2. The predicted octanol–water partition coefficient (Wildman–Crippen LogP) is 4.17. The Kier molecular flexibility index (Phi) is 5.66. The Balaban J connectivity index is 2.01. The largest absolute Gasteiger partial charge is 0.329 e. The van der Waals surface area contributed by atoms with E-state index in [-0.39, 0.29) is 5.54 Å². The zero-order valence-corrected chi connectivity index (χ0v) is 15.7. The lowest BCUT2D eigenvalue weighted by Gasteiger charge is -2.31. The Morgan fingerprint density at radius 3 is 2.57 bits per heavy atom. The molecule has 2 rings (SSSR count). The first-order valence-corrected chi connectivity index (χ1v) is 9.00. The van der Waals surface area contributed by atoms with Crippen molar-refractivity contribution in [2.45, 2.75) is 85.4 Å². The summed E-state index contributed by atoms with van der Waals surface area (Å²) >= 11 is 0. The minimum atomic E-state index is 0.161. The van der Waals surface area contributed by atoms with Crippen LogP contribution in [0.4, 0.5) is 0 Å².